The maximum absolute atomic E-state index is 10.2. The van der Waals surface area contributed by atoms with Crippen molar-refractivity contribution in [2.75, 3.05) is 5.32 Å². The number of carbonyl (C=O) groups excluding carboxylic acids is 1. The molecular formula is C23H36N4O. The highest BCUT2D eigenvalue weighted by molar-refractivity contribution is 5.73. The summed E-state index contributed by atoms with van der Waals surface area (Å²) < 4.78 is 2.42. The van der Waals surface area contributed by atoms with Crippen molar-refractivity contribution in [2.24, 2.45) is 5.92 Å². The lowest BCUT2D eigenvalue weighted by molar-refractivity contribution is -0.105. The van der Waals surface area contributed by atoms with Crippen LogP contribution in [0.4, 0.5) is 5.69 Å². The minimum atomic E-state index is 0.717. The number of nitrogens with zero attached hydrogens (tertiary/aromatic N) is 3. The summed E-state index contributed by atoms with van der Waals surface area (Å²) in [5.41, 5.74) is 2.13. The van der Waals surface area contributed by atoms with E-state index in [4.69, 9.17) is 0 Å². The second-order valence-electron chi connectivity index (χ2n) is 7.99. The summed E-state index contributed by atoms with van der Waals surface area (Å²) in [7, 11) is 0. The second-order valence-corrected chi connectivity index (χ2v) is 7.99. The smallest absolute Gasteiger partial charge is 0.211 e. The van der Waals surface area contributed by atoms with E-state index in [-0.39, 0.29) is 0 Å². The van der Waals surface area contributed by atoms with Crippen molar-refractivity contribution >= 4 is 12.1 Å². The van der Waals surface area contributed by atoms with Crippen molar-refractivity contribution in [1.82, 2.24) is 14.8 Å². The van der Waals surface area contributed by atoms with Gasteiger partial charge in [0, 0.05) is 24.6 Å². The number of aryl methyl sites for hydroxylation is 3. The molecule has 5 heteroatoms. The molecule has 0 radical (unpaired) electrons. The van der Waals surface area contributed by atoms with Crippen LogP contribution in [0.1, 0.15) is 83.1 Å². The Morgan fingerprint density at radius 1 is 1.07 bits per heavy atom. The zero-order chi connectivity index (χ0) is 20.4. The molecule has 1 amide bonds. The molecule has 1 heterocycles. The maximum atomic E-state index is 10.2. The molecular weight excluding hydrogens is 348 g/mol. The first-order valence-corrected chi connectivity index (χ1v) is 10.8. The van der Waals surface area contributed by atoms with Crippen LogP contribution in [-0.4, -0.2) is 21.2 Å². The first kappa shape index (κ1) is 22.1. The van der Waals surface area contributed by atoms with Crippen LogP contribution in [0, 0.1) is 5.92 Å². The van der Waals surface area contributed by atoms with Gasteiger partial charge < -0.3 is 9.88 Å². The van der Waals surface area contributed by atoms with Crippen LogP contribution in [-0.2, 0) is 24.1 Å². The first-order chi connectivity index (χ1) is 13.6. The van der Waals surface area contributed by atoms with Gasteiger partial charge in [0.15, 0.2) is 0 Å². The molecule has 0 saturated heterocycles. The average molecular weight is 385 g/mol. The SMILES string of the molecule is CCCc1ccccc1NC=O.CCCc1nnc(CCC(C)C)n1C1CC1. The average Bonchev–Trinajstić information content (AvgIpc) is 3.44. The quantitative estimate of drug-likeness (QED) is 0.561. The lowest BCUT2D eigenvalue weighted by atomic mass is 10.1. The number of hydrogen-bond donors (Lipinski definition) is 1. The fraction of sp³-hybridized carbons (Fsp3) is 0.609. The summed E-state index contributed by atoms with van der Waals surface area (Å²) in [6.07, 6.45) is 10.0. The molecule has 154 valence electrons. The Morgan fingerprint density at radius 3 is 2.29 bits per heavy atom. The van der Waals surface area contributed by atoms with E-state index in [0.29, 0.717) is 6.41 Å². The van der Waals surface area contributed by atoms with Crippen molar-refractivity contribution < 1.29 is 4.79 Å². The van der Waals surface area contributed by atoms with Crippen LogP contribution in [0.5, 0.6) is 0 Å². The number of aromatic nitrogens is 3. The minimum Gasteiger partial charge on any atom is -0.328 e. The van der Waals surface area contributed by atoms with Crippen LogP contribution in [0.3, 0.4) is 0 Å². The van der Waals surface area contributed by atoms with Gasteiger partial charge in [0.05, 0.1) is 0 Å². The number of benzene rings is 1. The zero-order valence-corrected chi connectivity index (χ0v) is 17.9. The monoisotopic (exact) mass is 384 g/mol. The predicted molar refractivity (Wildman–Crippen MR) is 116 cm³/mol. The number of amides is 1. The first-order valence-electron chi connectivity index (χ1n) is 10.8. The fourth-order valence-electron chi connectivity index (χ4n) is 3.31. The zero-order valence-electron chi connectivity index (χ0n) is 17.9. The van der Waals surface area contributed by atoms with E-state index >= 15 is 0 Å². The van der Waals surface area contributed by atoms with Gasteiger partial charge in [0.1, 0.15) is 11.6 Å². The van der Waals surface area contributed by atoms with Crippen LogP contribution >= 0.6 is 0 Å². The van der Waals surface area contributed by atoms with E-state index < -0.39 is 0 Å². The van der Waals surface area contributed by atoms with E-state index in [1.165, 1.54) is 36.5 Å². The molecule has 28 heavy (non-hydrogen) atoms. The summed E-state index contributed by atoms with van der Waals surface area (Å²) in [4.78, 5) is 10.2. The number of anilines is 1. The lowest BCUT2D eigenvalue weighted by Crippen LogP contribution is -2.07. The third-order valence-corrected chi connectivity index (χ3v) is 4.92. The van der Waals surface area contributed by atoms with Gasteiger partial charge in [-0.1, -0.05) is 52.3 Å². The van der Waals surface area contributed by atoms with Crippen LogP contribution in [0.2, 0.25) is 0 Å². The van der Waals surface area contributed by atoms with Gasteiger partial charge in [-0.3, -0.25) is 4.79 Å². The van der Waals surface area contributed by atoms with Crippen molar-refractivity contribution in [3.63, 3.8) is 0 Å². The lowest BCUT2D eigenvalue weighted by Gasteiger charge is -2.09. The fourth-order valence-corrected chi connectivity index (χ4v) is 3.31. The van der Waals surface area contributed by atoms with Gasteiger partial charge in [-0.25, -0.2) is 0 Å². The normalized spacial score (nSPS) is 13.2. The van der Waals surface area contributed by atoms with Crippen molar-refractivity contribution in [1.29, 1.82) is 0 Å². The third-order valence-electron chi connectivity index (χ3n) is 4.92. The Morgan fingerprint density at radius 2 is 1.71 bits per heavy atom. The van der Waals surface area contributed by atoms with Crippen LogP contribution in [0.15, 0.2) is 24.3 Å². The van der Waals surface area contributed by atoms with Crippen molar-refractivity contribution in [3.05, 3.63) is 41.5 Å². The van der Waals surface area contributed by atoms with Crippen molar-refractivity contribution in [2.45, 2.75) is 85.1 Å². The highest BCUT2D eigenvalue weighted by atomic mass is 16.1. The Kier molecular flexibility index (Phi) is 9.18. The molecule has 1 aromatic carbocycles. The Labute approximate surface area is 170 Å². The highest BCUT2D eigenvalue weighted by Gasteiger charge is 2.28. The molecule has 1 N–H and O–H groups in total. The van der Waals surface area contributed by atoms with Crippen LogP contribution < -0.4 is 5.32 Å². The molecule has 1 saturated carbocycles. The molecule has 3 rings (SSSR count). The molecule has 0 atom stereocenters. The summed E-state index contributed by atoms with van der Waals surface area (Å²) >= 11 is 0. The maximum Gasteiger partial charge on any atom is 0.211 e. The summed E-state index contributed by atoms with van der Waals surface area (Å²) in [5, 5.41) is 11.4. The second kappa shape index (κ2) is 11.6. The van der Waals surface area contributed by atoms with E-state index in [2.05, 4.69) is 47.8 Å². The highest BCUT2D eigenvalue weighted by Crippen LogP contribution is 2.37. The van der Waals surface area contributed by atoms with E-state index in [1.807, 2.05) is 24.3 Å². The van der Waals surface area contributed by atoms with Crippen LogP contribution in [0.25, 0.3) is 0 Å². The molecule has 5 nitrogen and oxygen atoms in total. The van der Waals surface area contributed by atoms with Gasteiger partial charge in [-0.15, -0.1) is 10.2 Å². The van der Waals surface area contributed by atoms with Gasteiger partial charge in [0.2, 0.25) is 6.41 Å². The minimum absolute atomic E-state index is 0.717. The summed E-state index contributed by atoms with van der Waals surface area (Å²) in [6.45, 7) is 8.87. The molecule has 0 spiro atoms. The number of nitrogens with one attached hydrogen (secondary N) is 1. The molecule has 0 bridgehead atoms. The molecule has 1 fully saturated rings. The predicted octanol–water partition coefficient (Wildman–Crippen LogP) is 5.36. The number of para-hydroxylation sites is 1. The summed E-state index contributed by atoms with van der Waals surface area (Å²) in [6, 6.07) is 8.58. The van der Waals surface area contributed by atoms with Gasteiger partial charge in [0.25, 0.3) is 0 Å². The number of hydrogen-bond acceptors (Lipinski definition) is 3. The molecule has 1 aliphatic rings. The largest absolute Gasteiger partial charge is 0.328 e. The number of carbonyl (C=O) groups is 1. The van der Waals surface area contributed by atoms with Gasteiger partial charge >= 0.3 is 0 Å². The Hall–Kier alpha value is -2.17. The molecule has 1 aromatic heterocycles. The van der Waals surface area contributed by atoms with Gasteiger partial charge in [-0.05, 0) is 49.7 Å². The molecule has 0 unspecified atom stereocenters. The topological polar surface area (TPSA) is 59.8 Å². The third kappa shape index (κ3) is 6.77. The molecule has 1 aliphatic carbocycles. The molecule has 2 aromatic rings. The Bertz CT molecular complexity index is 719. The molecule has 0 aliphatic heterocycles. The summed E-state index contributed by atoms with van der Waals surface area (Å²) in [5.74, 6) is 3.18. The standard InChI is InChI=1S/C13H23N3.C10H13NO/c1-4-5-12-14-15-13(9-6-10(2)3)16(12)11-7-8-11;1-2-5-9-6-3-4-7-10(9)11-8-12/h10-11H,4-9H2,1-3H3;3-4,6-8H,2,5H2,1H3,(H,11,12). The van der Waals surface area contributed by atoms with E-state index in [9.17, 15) is 4.79 Å². The number of rotatable bonds is 10. The van der Waals surface area contributed by atoms with Crippen molar-refractivity contribution in [3.8, 4) is 0 Å². The van der Waals surface area contributed by atoms with Gasteiger partial charge in [-0.2, -0.15) is 0 Å². The van der Waals surface area contributed by atoms with E-state index in [1.54, 1.807) is 0 Å². The Balaban J connectivity index is 0.000000209. The van der Waals surface area contributed by atoms with E-state index in [0.717, 1.165) is 49.8 Å².